The Kier molecular flexibility index (Phi) is 5.68. The molecule has 0 saturated heterocycles. The molecule has 2 rings (SSSR count). The van der Waals surface area contributed by atoms with Gasteiger partial charge in [-0.25, -0.2) is 0 Å². The van der Waals surface area contributed by atoms with E-state index in [0.29, 0.717) is 24.1 Å². The second kappa shape index (κ2) is 7.95. The fourth-order valence-corrected chi connectivity index (χ4v) is 2.11. The molecule has 0 aliphatic carbocycles. The van der Waals surface area contributed by atoms with Crippen molar-refractivity contribution in [1.82, 2.24) is 5.32 Å². The third-order valence-corrected chi connectivity index (χ3v) is 3.25. The monoisotopic (exact) mass is 298 g/mol. The van der Waals surface area contributed by atoms with Crippen molar-refractivity contribution in [1.29, 1.82) is 0 Å². The summed E-state index contributed by atoms with van der Waals surface area (Å²) in [6, 6.07) is 15.9. The highest BCUT2D eigenvalue weighted by atomic mass is 16.3. The summed E-state index contributed by atoms with van der Waals surface area (Å²) in [4.78, 5) is 22.5. The van der Waals surface area contributed by atoms with Crippen molar-refractivity contribution in [2.75, 3.05) is 11.9 Å². The maximum atomic E-state index is 12.2. The zero-order valence-electron chi connectivity index (χ0n) is 12.0. The van der Waals surface area contributed by atoms with E-state index in [9.17, 15) is 14.7 Å². The van der Waals surface area contributed by atoms with Crippen molar-refractivity contribution in [2.45, 2.75) is 12.5 Å². The summed E-state index contributed by atoms with van der Waals surface area (Å²) in [5.41, 5.74) is 2.14. The molecule has 0 bridgehead atoms. The lowest BCUT2D eigenvalue weighted by Gasteiger charge is -2.16. The molecule has 2 aromatic carbocycles. The molecule has 5 heteroatoms. The third kappa shape index (κ3) is 4.43. The molecular formula is C17H18N2O3. The van der Waals surface area contributed by atoms with Gasteiger partial charge in [0.2, 0.25) is 6.41 Å². The summed E-state index contributed by atoms with van der Waals surface area (Å²) in [7, 11) is 0. The minimum atomic E-state index is -0.345. The van der Waals surface area contributed by atoms with E-state index in [0.717, 1.165) is 5.56 Å². The first kappa shape index (κ1) is 15.7. The first-order valence-corrected chi connectivity index (χ1v) is 6.99. The molecule has 2 amide bonds. The van der Waals surface area contributed by atoms with Crippen molar-refractivity contribution < 1.29 is 14.7 Å². The summed E-state index contributed by atoms with van der Waals surface area (Å²) >= 11 is 0. The minimum Gasteiger partial charge on any atom is -0.394 e. The molecule has 0 aliphatic heterocycles. The van der Waals surface area contributed by atoms with Crippen LogP contribution in [0.25, 0.3) is 0 Å². The van der Waals surface area contributed by atoms with E-state index >= 15 is 0 Å². The summed E-state index contributed by atoms with van der Waals surface area (Å²) in [5.74, 6) is -0.257. The molecule has 0 spiro atoms. The summed E-state index contributed by atoms with van der Waals surface area (Å²) in [6.45, 7) is -0.134. The normalized spacial score (nSPS) is 11.5. The maximum absolute atomic E-state index is 12.2. The Hall–Kier alpha value is -2.66. The average molecular weight is 298 g/mol. The average Bonchev–Trinajstić information content (AvgIpc) is 2.56. The summed E-state index contributed by atoms with van der Waals surface area (Å²) < 4.78 is 0. The number of aliphatic hydroxyl groups is 1. The van der Waals surface area contributed by atoms with Gasteiger partial charge in [-0.3, -0.25) is 9.59 Å². The molecule has 1 atom stereocenters. The van der Waals surface area contributed by atoms with Crippen molar-refractivity contribution in [3.63, 3.8) is 0 Å². The second-order valence-electron chi connectivity index (χ2n) is 4.88. The molecule has 0 radical (unpaired) electrons. The van der Waals surface area contributed by atoms with Crippen molar-refractivity contribution in [3.8, 4) is 0 Å². The Bertz CT molecular complexity index is 612. The van der Waals surface area contributed by atoms with Crippen LogP contribution in [0, 0.1) is 0 Å². The molecule has 22 heavy (non-hydrogen) atoms. The number of benzene rings is 2. The van der Waals surface area contributed by atoms with Crippen LogP contribution in [0.4, 0.5) is 5.69 Å². The van der Waals surface area contributed by atoms with Gasteiger partial charge in [0.15, 0.2) is 0 Å². The molecule has 0 aliphatic rings. The SMILES string of the molecule is O=CNc1ccc(C(=O)N[C@@H](CO)Cc2ccccc2)cc1. The fourth-order valence-electron chi connectivity index (χ4n) is 2.11. The molecule has 3 N–H and O–H groups in total. The number of carbonyl (C=O) groups is 2. The smallest absolute Gasteiger partial charge is 0.251 e. The molecule has 0 fully saturated rings. The lowest BCUT2D eigenvalue weighted by atomic mass is 10.1. The van der Waals surface area contributed by atoms with Gasteiger partial charge in [-0.2, -0.15) is 0 Å². The highest BCUT2D eigenvalue weighted by molar-refractivity contribution is 5.95. The third-order valence-electron chi connectivity index (χ3n) is 3.25. The number of amides is 2. The molecule has 0 unspecified atom stereocenters. The predicted octanol–water partition coefficient (Wildman–Crippen LogP) is 1.59. The van der Waals surface area contributed by atoms with Gasteiger partial charge in [-0.15, -0.1) is 0 Å². The maximum Gasteiger partial charge on any atom is 0.251 e. The number of rotatable bonds is 7. The number of anilines is 1. The first-order chi connectivity index (χ1) is 10.7. The Balaban J connectivity index is 1.98. The van der Waals surface area contributed by atoms with E-state index in [1.807, 2.05) is 30.3 Å². The van der Waals surface area contributed by atoms with Gasteiger partial charge in [0.1, 0.15) is 0 Å². The standard InChI is InChI=1S/C17H18N2O3/c20-11-16(10-13-4-2-1-3-5-13)19-17(22)14-6-8-15(9-7-14)18-12-21/h1-9,12,16,20H,10-11H2,(H,18,21)(H,19,22)/t16-/m1/s1. The predicted molar refractivity (Wildman–Crippen MR) is 84.6 cm³/mol. The van der Waals surface area contributed by atoms with E-state index in [-0.39, 0.29) is 18.6 Å². The highest BCUT2D eigenvalue weighted by Crippen LogP contribution is 2.09. The van der Waals surface area contributed by atoms with Crippen LogP contribution >= 0.6 is 0 Å². The zero-order valence-corrected chi connectivity index (χ0v) is 12.0. The topological polar surface area (TPSA) is 78.4 Å². The van der Waals surface area contributed by atoms with Crippen LogP contribution in [0.1, 0.15) is 15.9 Å². The minimum absolute atomic E-state index is 0.134. The molecule has 0 saturated carbocycles. The van der Waals surface area contributed by atoms with E-state index < -0.39 is 0 Å². The fraction of sp³-hybridized carbons (Fsp3) is 0.176. The Morgan fingerprint density at radius 2 is 1.77 bits per heavy atom. The van der Waals surface area contributed by atoms with Gasteiger partial charge in [-0.05, 0) is 36.2 Å². The van der Waals surface area contributed by atoms with Crippen molar-refractivity contribution in [3.05, 3.63) is 65.7 Å². The van der Waals surface area contributed by atoms with E-state index in [1.165, 1.54) is 0 Å². The van der Waals surface area contributed by atoms with Gasteiger partial charge < -0.3 is 15.7 Å². The molecule has 0 aromatic heterocycles. The van der Waals surface area contributed by atoms with Crippen LogP contribution in [-0.4, -0.2) is 30.1 Å². The van der Waals surface area contributed by atoms with Crippen LogP contribution < -0.4 is 10.6 Å². The largest absolute Gasteiger partial charge is 0.394 e. The van der Waals surface area contributed by atoms with E-state index in [2.05, 4.69) is 10.6 Å². The van der Waals surface area contributed by atoms with Crippen LogP contribution in [0.3, 0.4) is 0 Å². The molecule has 5 nitrogen and oxygen atoms in total. The number of hydrogen-bond donors (Lipinski definition) is 3. The highest BCUT2D eigenvalue weighted by Gasteiger charge is 2.13. The lowest BCUT2D eigenvalue weighted by Crippen LogP contribution is -2.39. The quantitative estimate of drug-likeness (QED) is 0.679. The zero-order chi connectivity index (χ0) is 15.8. The Morgan fingerprint density at radius 3 is 2.36 bits per heavy atom. The van der Waals surface area contributed by atoms with E-state index in [1.54, 1.807) is 24.3 Å². The van der Waals surface area contributed by atoms with Crippen molar-refractivity contribution in [2.24, 2.45) is 0 Å². The molecule has 114 valence electrons. The molecule has 2 aromatic rings. The first-order valence-electron chi connectivity index (χ1n) is 6.99. The lowest BCUT2D eigenvalue weighted by molar-refractivity contribution is -0.105. The van der Waals surface area contributed by atoms with Crippen LogP contribution in [0.2, 0.25) is 0 Å². The number of hydrogen-bond acceptors (Lipinski definition) is 3. The number of aliphatic hydroxyl groups excluding tert-OH is 1. The Morgan fingerprint density at radius 1 is 1.09 bits per heavy atom. The Labute approximate surface area is 129 Å². The van der Waals surface area contributed by atoms with Crippen LogP contribution in [0.5, 0.6) is 0 Å². The number of carbonyl (C=O) groups excluding carboxylic acids is 2. The second-order valence-corrected chi connectivity index (χ2v) is 4.88. The van der Waals surface area contributed by atoms with Gasteiger partial charge >= 0.3 is 0 Å². The van der Waals surface area contributed by atoms with Gasteiger partial charge in [-0.1, -0.05) is 30.3 Å². The summed E-state index contributed by atoms with van der Waals surface area (Å²) in [5, 5.41) is 14.7. The molecule has 0 heterocycles. The van der Waals surface area contributed by atoms with Crippen LogP contribution in [0.15, 0.2) is 54.6 Å². The summed E-state index contributed by atoms with van der Waals surface area (Å²) in [6.07, 6.45) is 1.14. The number of nitrogens with one attached hydrogen (secondary N) is 2. The van der Waals surface area contributed by atoms with Crippen molar-refractivity contribution >= 4 is 18.0 Å². The van der Waals surface area contributed by atoms with Gasteiger partial charge in [0.25, 0.3) is 5.91 Å². The van der Waals surface area contributed by atoms with Gasteiger partial charge in [0.05, 0.1) is 12.6 Å². The van der Waals surface area contributed by atoms with Crippen LogP contribution in [-0.2, 0) is 11.2 Å². The molecular weight excluding hydrogens is 280 g/mol. The van der Waals surface area contributed by atoms with Gasteiger partial charge in [0, 0.05) is 11.3 Å². The van der Waals surface area contributed by atoms with E-state index in [4.69, 9.17) is 0 Å².